The van der Waals surface area contributed by atoms with Crippen LogP contribution in [0.5, 0.6) is 0 Å². The molecule has 1 atom stereocenters. The topological polar surface area (TPSA) is 92.9 Å². The van der Waals surface area contributed by atoms with Crippen molar-refractivity contribution < 1.29 is 0 Å². The molecule has 0 amide bonds. The van der Waals surface area contributed by atoms with E-state index in [0.29, 0.717) is 18.0 Å². The van der Waals surface area contributed by atoms with Gasteiger partial charge in [-0.25, -0.2) is 4.79 Å². The van der Waals surface area contributed by atoms with Gasteiger partial charge in [0, 0.05) is 24.8 Å². The summed E-state index contributed by atoms with van der Waals surface area (Å²) in [6, 6.07) is 0. The van der Waals surface area contributed by atoms with Crippen molar-refractivity contribution >= 4 is 0 Å². The highest BCUT2D eigenvalue weighted by Crippen LogP contribution is 2.11. The number of H-pyrrole nitrogens is 1. The maximum atomic E-state index is 11.6. The van der Waals surface area contributed by atoms with E-state index in [0.717, 1.165) is 25.9 Å². The first-order valence-corrected chi connectivity index (χ1v) is 5.94. The molecule has 0 bridgehead atoms. The molecule has 6 heteroatoms. The van der Waals surface area contributed by atoms with Crippen LogP contribution in [0.25, 0.3) is 0 Å². The van der Waals surface area contributed by atoms with Crippen molar-refractivity contribution in [1.29, 1.82) is 0 Å². The molecular formula is C11H18N4O2. The van der Waals surface area contributed by atoms with Gasteiger partial charge in [-0.1, -0.05) is 0 Å². The standard InChI is InChI=1S/C11H18N4O2/c12-4-9-7-15(11(17)14-10(9)16)6-8-2-1-3-13-5-8/h7-8,13H,1-6,12H2,(H,14,16,17). The van der Waals surface area contributed by atoms with Crippen LogP contribution in [0.1, 0.15) is 18.4 Å². The number of piperidine rings is 1. The second-order valence-electron chi connectivity index (χ2n) is 4.48. The van der Waals surface area contributed by atoms with E-state index in [9.17, 15) is 9.59 Å². The molecule has 0 aliphatic carbocycles. The van der Waals surface area contributed by atoms with E-state index in [1.54, 1.807) is 10.8 Å². The first-order valence-electron chi connectivity index (χ1n) is 5.94. The van der Waals surface area contributed by atoms with E-state index in [1.165, 1.54) is 0 Å². The summed E-state index contributed by atoms with van der Waals surface area (Å²) < 4.78 is 1.56. The van der Waals surface area contributed by atoms with Crippen LogP contribution < -0.4 is 22.3 Å². The van der Waals surface area contributed by atoms with Crippen molar-refractivity contribution in [3.8, 4) is 0 Å². The fraction of sp³-hybridized carbons (Fsp3) is 0.636. The zero-order valence-electron chi connectivity index (χ0n) is 9.74. The highest BCUT2D eigenvalue weighted by molar-refractivity contribution is 5.03. The van der Waals surface area contributed by atoms with Crippen LogP contribution in [0.3, 0.4) is 0 Å². The predicted molar refractivity (Wildman–Crippen MR) is 64.8 cm³/mol. The quantitative estimate of drug-likeness (QED) is 0.629. The molecule has 6 nitrogen and oxygen atoms in total. The van der Waals surface area contributed by atoms with Gasteiger partial charge >= 0.3 is 5.69 Å². The number of nitrogens with one attached hydrogen (secondary N) is 2. The second-order valence-corrected chi connectivity index (χ2v) is 4.48. The molecule has 1 saturated heterocycles. The number of nitrogens with two attached hydrogens (primary N) is 1. The van der Waals surface area contributed by atoms with E-state index in [1.807, 2.05) is 0 Å². The van der Waals surface area contributed by atoms with Gasteiger partial charge in [0.25, 0.3) is 5.56 Å². The third kappa shape index (κ3) is 2.83. The molecular weight excluding hydrogens is 220 g/mol. The van der Waals surface area contributed by atoms with Crippen LogP contribution in [0.2, 0.25) is 0 Å². The Kier molecular flexibility index (Phi) is 3.75. The van der Waals surface area contributed by atoms with Gasteiger partial charge in [-0.15, -0.1) is 0 Å². The van der Waals surface area contributed by atoms with Crippen LogP contribution in [0, 0.1) is 5.92 Å². The summed E-state index contributed by atoms with van der Waals surface area (Å²) in [5.41, 5.74) is 5.18. The lowest BCUT2D eigenvalue weighted by Gasteiger charge is -2.23. The number of aromatic nitrogens is 2. The lowest BCUT2D eigenvalue weighted by atomic mass is 10.00. The zero-order valence-corrected chi connectivity index (χ0v) is 9.74. The van der Waals surface area contributed by atoms with Crippen LogP contribution in [0.4, 0.5) is 0 Å². The van der Waals surface area contributed by atoms with Crippen molar-refractivity contribution in [2.45, 2.75) is 25.9 Å². The third-order valence-corrected chi connectivity index (χ3v) is 3.16. The lowest BCUT2D eigenvalue weighted by molar-refractivity contribution is 0.331. The molecule has 1 aromatic rings. The summed E-state index contributed by atoms with van der Waals surface area (Å²) in [7, 11) is 0. The maximum absolute atomic E-state index is 11.6. The molecule has 2 rings (SSSR count). The van der Waals surface area contributed by atoms with E-state index in [2.05, 4.69) is 10.3 Å². The molecule has 2 heterocycles. The van der Waals surface area contributed by atoms with Gasteiger partial charge in [0.2, 0.25) is 0 Å². The summed E-state index contributed by atoms with van der Waals surface area (Å²) in [5, 5.41) is 3.30. The third-order valence-electron chi connectivity index (χ3n) is 3.16. The van der Waals surface area contributed by atoms with Gasteiger partial charge in [-0.05, 0) is 31.8 Å². The van der Waals surface area contributed by atoms with Gasteiger partial charge in [0.15, 0.2) is 0 Å². The molecule has 1 aliphatic rings. The molecule has 1 aliphatic heterocycles. The second kappa shape index (κ2) is 5.29. The van der Waals surface area contributed by atoms with Crippen LogP contribution in [0.15, 0.2) is 15.8 Å². The maximum Gasteiger partial charge on any atom is 0.328 e. The van der Waals surface area contributed by atoms with Crippen LogP contribution >= 0.6 is 0 Å². The van der Waals surface area contributed by atoms with Crippen molar-refractivity contribution in [3.05, 3.63) is 32.6 Å². The number of rotatable bonds is 3. The van der Waals surface area contributed by atoms with Crippen LogP contribution in [-0.4, -0.2) is 22.6 Å². The minimum absolute atomic E-state index is 0.151. The lowest BCUT2D eigenvalue weighted by Crippen LogP contribution is -2.38. The van der Waals surface area contributed by atoms with Gasteiger partial charge in [0.1, 0.15) is 0 Å². The molecule has 0 saturated carbocycles. The zero-order chi connectivity index (χ0) is 12.3. The normalized spacial score (nSPS) is 20.4. The highest BCUT2D eigenvalue weighted by atomic mass is 16.2. The summed E-state index contributed by atoms with van der Waals surface area (Å²) in [5.74, 6) is 0.443. The number of aromatic amines is 1. The van der Waals surface area contributed by atoms with E-state index in [-0.39, 0.29) is 17.8 Å². The fourth-order valence-corrected chi connectivity index (χ4v) is 2.19. The monoisotopic (exact) mass is 238 g/mol. The Morgan fingerprint density at radius 1 is 1.47 bits per heavy atom. The average Bonchev–Trinajstić information content (AvgIpc) is 2.34. The minimum Gasteiger partial charge on any atom is -0.326 e. The Balaban J connectivity index is 2.19. The highest BCUT2D eigenvalue weighted by Gasteiger charge is 2.14. The molecule has 94 valence electrons. The van der Waals surface area contributed by atoms with Gasteiger partial charge < -0.3 is 11.1 Å². The SMILES string of the molecule is NCc1cn(CC2CCCNC2)c(=O)[nH]c1=O. The summed E-state index contributed by atoms with van der Waals surface area (Å²) in [4.78, 5) is 25.3. The van der Waals surface area contributed by atoms with Crippen molar-refractivity contribution in [2.75, 3.05) is 13.1 Å². The van der Waals surface area contributed by atoms with Gasteiger partial charge in [-0.2, -0.15) is 0 Å². The summed E-state index contributed by atoms with van der Waals surface area (Å²) in [6.07, 6.45) is 3.82. The summed E-state index contributed by atoms with van der Waals surface area (Å²) in [6.45, 7) is 2.75. The Morgan fingerprint density at radius 2 is 2.29 bits per heavy atom. The predicted octanol–water partition coefficient (Wildman–Crippen LogP) is -1.01. The molecule has 1 unspecified atom stereocenters. The smallest absolute Gasteiger partial charge is 0.326 e. The number of nitrogens with zero attached hydrogens (tertiary/aromatic N) is 1. The molecule has 0 aromatic carbocycles. The molecule has 4 N–H and O–H groups in total. The van der Waals surface area contributed by atoms with E-state index in [4.69, 9.17) is 5.73 Å². The summed E-state index contributed by atoms with van der Waals surface area (Å²) >= 11 is 0. The Labute approximate surface area is 98.8 Å². The fourth-order valence-electron chi connectivity index (χ4n) is 2.19. The molecule has 0 radical (unpaired) electrons. The number of hydrogen-bond donors (Lipinski definition) is 3. The largest absolute Gasteiger partial charge is 0.328 e. The van der Waals surface area contributed by atoms with E-state index >= 15 is 0 Å². The Bertz CT molecular complexity index is 485. The van der Waals surface area contributed by atoms with Gasteiger partial charge in [0.05, 0.1) is 0 Å². The van der Waals surface area contributed by atoms with Gasteiger partial charge in [-0.3, -0.25) is 14.3 Å². The molecule has 17 heavy (non-hydrogen) atoms. The van der Waals surface area contributed by atoms with Crippen LogP contribution in [-0.2, 0) is 13.1 Å². The minimum atomic E-state index is -0.379. The molecule has 1 fully saturated rings. The van der Waals surface area contributed by atoms with Crippen molar-refractivity contribution in [1.82, 2.24) is 14.9 Å². The van der Waals surface area contributed by atoms with Crippen molar-refractivity contribution in [3.63, 3.8) is 0 Å². The number of hydrogen-bond acceptors (Lipinski definition) is 4. The molecule has 0 spiro atoms. The first-order chi connectivity index (χ1) is 8.20. The Morgan fingerprint density at radius 3 is 2.94 bits per heavy atom. The first kappa shape index (κ1) is 12.1. The average molecular weight is 238 g/mol. The molecule has 1 aromatic heterocycles. The van der Waals surface area contributed by atoms with Crippen molar-refractivity contribution in [2.24, 2.45) is 11.7 Å². The van der Waals surface area contributed by atoms with E-state index < -0.39 is 0 Å². The Hall–Kier alpha value is -1.40.